The fraction of sp³-hybridized carbons (Fsp3) is 0.533. The first-order valence-corrected chi connectivity index (χ1v) is 7.31. The van der Waals surface area contributed by atoms with E-state index < -0.39 is 6.10 Å². The summed E-state index contributed by atoms with van der Waals surface area (Å²) in [7, 11) is 0. The highest BCUT2D eigenvalue weighted by Crippen LogP contribution is 2.25. The molecule has 0 aromatic heterocycles. The third-order valence-electron chi connectivity index (χ3n) is 2.81. The molecule has 0 aliphatic carbocycles. The van der Waals surface area contributed by atoms with Crippen LogP contribution in [-0.4, -0.2) is 25.2 Å². The first-order chi connectivity index (χ1) is 9.62. The van der Waals surface area contributed by atoms with E-state index in [0.717, 1.165) is 12.0 Å². The van der Waals surface area contributed by atoms with Gasteiger partial charge < -0.3 is 15.2 Å². The van der Waals surface area contributed by atoms with Gasteiger partial charge in [0.15, 0.2) is 6.10 Å². The third kappa shape index (κ3) is 5.02. The van der Waals surface area contributed by atoms with Gasteiger partial charge in [-0.05, 0) is 50.1 Å². The second kappa shape index (κ2) is 8.82. The molecule has 0 aliphatic rings. The van der Waals surface area contributed by atoms with Gasteiger partial charge >= 0.3 is 5.97 Å². The van der Waals surface area contributed by atoms with Gasteiger partial charge in [-0.3, -0.25) is 0 Å². The van der Waals surface area contributed by atoms with E-state index in [4.69, 9.17) is 26.8 Å². The molecule has 1 unspecified atom stereocenters. The molecule has 2 N–H and O–H groups in total. The molecule has 0 saturated heterocycles. The fourth-order valence-corrected chi connectivity index (χ4v) is 2.08. The molecule has 0 amide bonds. The predicted octanol–water partition coefficient (Wildman–Crippen LogP) is 2.95. The lowest BCUT2D eigenvalue weighted by Gasteiger charge is -2.19. The maximum atomic E-state index is 11.9. The molecule has 1 rings (SSSR count). The largest absolute Gasteiger partial charge is 0.478 e. The molecule has 0 saturated carbocycles. The summed E-state index contributed by atoms with van der Waals surface area (Å²) in [4.78, 5) is 11.9. The van der Waals surface area contributed by atoms with Crippen LogP contribution in [0.2, 0.25) is 5.02 Å². The number of rotatable bonds is 8. The van der Waals surface area contributed by atoms with Crippen molar-refractivity contribution in [3.63, 3.8) is 0 Å². The van der Waals surface area contributed by atoms with Crippen molar-refractivity contribution in [2.24, 2.45) is 5.73 Å². The predicted molar refractivity (Wildman–Crippen MR) is 80.2 cm³/mol. The number of esters is 1. The highest BCUT2D eigenvalue weighted by molar-refractivity contribution is 6.30. The molecule has 0 radical (unpaired) electrons. The van der Waals surface area contributed by atoms with Crippen LogP contribution in [0.1, 0.15) is 32.3 Å². The first-order valence-electron chi connectivity index (χ1n) is 6.94. The van der Waals surface area contributed by atoms with Crippen molar-refractivity contribution < 1.29 is 14.3 Å². The van der Waals surface area contributed by atoms with Gasteiger partial charge in [0, 0.05) is 5.02 Å². The average molecular weight is 300 g/mol. The highest BCUT2D eigenvalue weighted by Gasteiger charge is 2.22. The summed E-state index contributed by atoms with van der Waals surface area (Å²) in [5.74, 6) is 0.314. The van der Waals surface area contributed by atoms with Crippen molar-refractivity contribution in [3.8, 4) is 5.75 Å². The standard InChI is InChI=1S/C15H22ClNO3/c1-3-5-14(15(18)19-4-2)20-13-7-6-12(16)10-11(13)8-9-17/h6-7,10,14H,3-5,8-9,17H2,1-2H3. The Kier molecular flexibility index (Phi) is 7.41. The number of carbonyl (C=O) groups excluding carboxylic acids is 1. The van der Waals surface area contributed by atoms with Gasteiger partial charge in [-0.15, -0.1) is 0 Å². The molecule has 112 valence electrons. The summed E-state index contributed by atoms with van der Waals surface area (Å²) in [6.07, 6.45) is 1.52. The van der Waals surface area contributed by atoms with Crippen molar-refractivity contribution in [1.82, 2.24) is 0 Å². The summed E-state index contributed by atoms with van der Waals surface area (Å²) in [5.41, 5.74) is 6.49. The zero-order valence-electron chi connectivity index (χ0n) is 12.0. The van der Waals surface area contributed by atoms with Crippen molar-refractivity contribution in [1.29, 1.82) is 0 Å². The second-order valence-electron chi connectivity index (χ2n) is 4.44. The maximum Gasteiger partial charge on any atom is 0.347 e. The van der Waals surface area contributed by atoms with Crippen LogP contribution in [0.5, 0.6) is 5.75 Å². The Morgan fingerprint density at radius 1 is 1.40 bits per heavy atom. The lowest BCUT2D eigenvalue weighted by atomic mass is 10.1. The average Bonchev–Trinajstić information content (AvgIpc) is 2.41. The molecular formula is C15H22ClNO3. The number of hydrogen-bond donors (Lipinski definition) is 1. The Labute approximate surface area is 125 Å². The summed E-state index contributed by atoms with van der Waals surface area (Å²) in [5, 5.41) is 0.629. The SMILES string of the molecule is CCCC(Oc1ccc(Cl)cc1CCN)C(=O)OCC. The minimum atomic E-state index is -0.586. The molecule has 0 aliphatic heterocycles. The highest BCUT2D eigenvalue weighted by atomic mass is 35.5. The van der Waals surface area contributed by atoms with Crippen molar-refractivity contribution in [3.05, 3.63) is 28.8 Å². The number of benzene rings is 1. The molecule has 4 nitrogen and oxygen atoms in total. The molecule has 0 fully saturated rings. The van der Waals surface area contributed by atoms with Crippen LogP contribution in [0.4, 0.5) is 0 Å². The van der Waals surface area contributed by atoms with Crippen LogP contribution >= 0.6 is 11.6 Å². The van der Waals surface area contributed by atoms with Gasteiger partial charge in [0.05, 0.1) is 6.61 Å². The number of nitrogens with two attached hydrogens (primary N) is 1. The molecule has 5 heteroatoms. The van der Waals surface area contributed by atoms with E-state index in [1.807, 2.05) is 13.0 Å². The topological polar surface area (TPSA) is 61.5 Å². The van der Waals surface area contributed by atoms with Gasteiger partial charge in [0.1, 0.15) is 5.75 Å². The Morgan fingerprint density at radius 2 is 2.15 bits per heavy atom. The monoisotopic (exact) mass is 299 g/mol. The lowest BCUT2D eigenvalue weighted by molar-refractivity contribution is -0.151. The Hall–Kier alpha value is -1.26. The van der Waals surface area contributed by atoms with E-state index in [1.54, 1.807) is 19.1 Å². The van der Waals surface area contributed by atoms with E-state index in [1.165, 1.54) is 0 Å². The van der Waals surface area contributed by atoms with Crippen LogP contribution in [0.25, 0.3) is 0 Å². The minimum Gasteiger partial charge on any atom is -0.478 e. The molecule has 1 aromatic carbocycles. The fourth-order valence-electron chi connectivity index (χ4n) is 1.89. The van der Waals surface area contributed by atoms with Crippen molar-refractivity contribution in [2.45, 2.75) is 39.2 Å². The van der Waals surface area contributed by atoms with Gasteiger partial charge in [0.25, 0.3) is 0 Å². The van der Waals surface area contributed by atoms with E-state index in [-0.39, 0.29) is 5.97 Å². The lowest BCUT2D eigenvalue weighted by Crippen LogP contribution is -2.29. The summed E-state index contributed by atoms with van der Waals surface area (Å²) >= 11 is 5.97. The quantitative estimate of drug-likeness (QED) is 0.750. The van der Waals surface area contributed by atoms with Crippen LogP contribution in [0.15, 0.2) is 18.2 Å². The minimum absolute atomic E-state index is 0.331. The van der Waals surface area contributed by atoms with E-state index in [0.29, 0.717) is 36.8 Å². The summed E-state index contributed by atoms with van der Waals surface area (Å²) in [6, 6.07) is 5.33. The molecule has 20 heavy (non-hydrogen) atoms. The first kappa shape index (κ1) is 16.8. The van der Waals surface area contributed by atoms with E-state index in [9.17, 15) is 4.79 Å². The van der Waals surface area contributed by atoms with Crippen LogP contribution in [0, 0.1) is 0 Å². The van der Waals surface area contributed by atoms with Crippen molar-refractivity contribution in [2.75, 3.05) is 13.2 Å². The molecule has 0 heterocycles. The number of hydrogen-bond acceptors (Lipinski definition) is 4. The van der Waals surface area contributed by atoms with Gasteiger partial charge in [-0.1, -0.05) is 24.9 Å². The van der Waals surface area contributed by atoms with Gasteiger partial charge in [-0.2, -0.15) is 0 Å². The third-order valence-corrected chi connectivity index (χ3v) is 3.04. The Bertz CT molecular complexity index is 437. The maximum absolute atomic E-state index is 11.9. The molecule has 1 atom stereocenters. The number of halogens is 1. The number of ether oxygens (including phenoxy) is 2. The van der Waals surface area contributed by atoms with E-state index >= 15 is 0 Å². The zero-order chi connectivity index (χ0) is 15.0. The Balaban J connectivity index is 2.89. The molecular weight excluding hydrogens is 278 g/mol. The Morgan fingerprint density at radius 3 is 2.75 bits per heavy atom. The summed E-state index contributed by atoms with van der Waals surface area (Å²) in [6.45, 7) is 4.62. The second-order valence-corrected chi connectivity index (χ2v) is 4.87. The molecule has 0 bridgehead atoms. The molecule has 1 aromatic rings. The van der Waals surface area contributed by atoms with Crippen molar-refractivity contribution >= 4 is 17.6 Å². The summed E-state index contributed by atoms with van der Waals surface area (Å²) < 4.78 is 10.9. The zero-order valence-corrected chi connectivity index (χ0v) is 12.8. The van der Waals surface area contributed by atoms with Gasteiger partial charge in [0.2, 0.25) is 0 Å². The van der Waals surface area contributed by atoms with E-state index in [2.05, 4.69) is 0 Å². The van der Waals surface area contributed by atoms with Crippen LogP contribution in [0.3, 0.4) is 0 Å². The van der Waals surface area contributed by atoms with Crippen LogP contribution < -0.4 is 10.5 Å². The molecule has 0 spiro atoms. The van der Waals surface area contributed by atoms with Gasteiger partial charge in [-0.25, -0.2) is 4.79 Å². The number of carbonyl (C=O) groups is 1. The smallest absolute Gasteiger partial charge is 0.347 e. The van der Waals surface area contributed by atoms with Crippen LogP contribution in [-0.2, 0) is 16.0 Å². The normalized spacial score (nSPS) is 12.0.